The van der Waals surface area contributed by atoms with Crippen molar-refractivity contribution >= 4 is 23.2 Å². The van der Waals surface area contributed by atoms with E-state index in [4.69, 9.17) is 0 Å². The van der Waals surface area contributed by atoms with E-state index in [2.05, 4.69) is 10.3 Å². The molecule has 1 aliphatic heterocycles. The number of rotatable bonds is 3. The maximum Gasteiger partial charge on any atom is 0.260 e. The molecule has 5 heteroatoms. The number of benzene rings is 1. The van der Waals surface area contributed by atoms with Crippen molar-refractivity contribution in [2.45, 2.75) is 32.7 Å². The molecule has 1 aromatic heterocycles. The van der Waals surface area contributed by atoms with Crippen LogP contribution in [-0.4, -0.2) is 22.8 Å². The lowest BCUT2D eigenvalue weighted by Crippen LogP contribution is -2.51. The van der Waals surface area contributed by atoms with Crippen LogP contribution in [0, 0.1) is 6.92 Å². The average Bonchev–Trinajstić information content (AvgIpc) is 2.55. The molecule has 1 atom stereocenters. The first-order chi connectivity index (χ1) is 11.1. The van der Waals surface area contributed by atoms with Crippen LogP contribution >= 0.6 is 0 Å². The Hall–Kier alpha value is -2.69. The van der Waals surface area contributed by atoms with Crippen LogP contribution in [-0.2, 0) is 4.79 Å². The number of nitrogens with zero attached hydrogens (tertiary/aromatic N) is 2. The van der Waals surface area contributed by atoms with Gasteiger partial charge in [-0.15, -0.1) is 0 Å². The highest BCUT2D eigenvalue weighted by Gasteiger charge is 2.36. The molecule has 1 aliphatic rings. The third-order valence-electron chi connectivity index (χ3n) is 3.94. The minimum absolute atomic E-state index is 0.139. The molecule has 0 saturated heterocycles. The summed E-state index contributed by atoms with van der Waals surface area (Å²) in [6.07, 6.45) is 4.69. The van der Waals surface area contributed by atoms with E-state index < -0.39 is 6.04 Å². The van der Waals surface area contributed by atoms with Gasteiger partial charge in [-0.05, 0) is 37.1 Å². The van der Waals surface area contributed by atoms with Crippen LogP contribution < -0.4 is 10.2 Å². The van der Waals surface area contributed by atoms with E-state index in [0.29, 0.717) is 17.7 Å². The first-order valence-electron chi connectivity index (χ1n) is 7.77. The zero-order chi connectivity index (χ0) is 16.4. The molecule has 0 fully saturated rings. The summed E-state index contributed by atoms with van der Waals surface area (Å²) in [5, 5.41) is 2.89. The normalized spacial score (nSPS) is 16.7. The molecular formula is C18H19N3O2. The minimum Gasteiger partial charge on any atom is -0.322 e. The van der Waals surface area contributed by atoms with Crippen molar-refractivity contribution in [2.24, 2.45) is 0 Å². The molecule has 1 unspecified atom stereocenters. The second-order valence-electron chi connectivity index (χ2n) is 5.74. The highest BCUT2D eigenvalue weighted by atomic mass is 16.2. The van der Waals surface area contributed by atoms with Gasteiger partial charge < -0.3 is 5.32 Å². The van der Waals surface area contributed by atoms with Crippen molar-refractivity contribution in [1.82, 2.24) is 4.98 Å². The highest BCUT2D eigenvalue weighted by molar-refractivity contribution is 6.16. The van der Waals surface area contributed by atoms with E-state index >= 15 is 0 Å². The van der Waals surface area contributed by atoms with Gasteiger partial charge in [0.25, 0.3) is 5.91 Å². The van der Waals surface area contributed by atoms with E-state index in [1.807, 2.05) is 38.1 Å². The molecule has 2 amide bonds. The van der Waals surface area contributed by atoms with Gasteiger partial charge in [0, 0.05) is 12.4 Å². The third-order valence-corrected chi connectivity index (χ3v) is 3.94. The van der Waals surface area contributed by atoms with Gasteiger partial charge in [-0.2, -0.15) is 0 Å². The standard InChI is InChI=1S/C18H19N3O2/c1-3-6-16-17(22)20-14-7-4-5-8-15(14)21(16)18(23)13-9-12(2)10-19-11-13/h4-5,7-11,16H,3,6H2,1-2H3,(H,20,22). The number of pyridine rings is 1. The van der Waals surface area contributed by atoms with Crippen molar-refractivity contribution < 1.29 is 9.59 Å². The Kier molecular flexibility index (Phi) is 4.10. The van der Waals surface area contributed by atoms with Gasteiger partial charge in [0.05, 0.1) is 16.9 Å². The Morgan fingerprint density at radius 2 is 2.09 bits per heavy atom. The number of carbonyl (C=O) groups is 2. The third kappa shape index (κ3) is 2.82. The fraction of sp³-hybridized carbons (Fsp3) is 0.278. The van der Waals surface area contributed by atoms with Crippen molar-refractivity contribution in [3.05, 3.63) is 53.9 Å². The lowest BCUT2D eigenvalue weighted by molar-refractivity contribution is -0.117. The smallest absolute Gasteiger partial charge is 0.260 e. The Balaban J connectivity index is 2.08. The number of aromatic nitrogens is 1. The molecule has 0 radical (unpaired) electrons. The average molecular weight is 309 g/mol. The molecule has 2 aromatic rings. The zero-order valence-corrected chi connectivity index (χ0v) is 13.2. The molecule has 0 spiro atoms. The lowest BCUT2D eigenvalue weighted by Gasteiger charge is -2.36. The van der Waals surface area contributed by atoms with Crippen molar-refractivity contribution in [1.29, 1.82) is 0 Å². The lowest BCUT2D eigenvalue weighted by atomic mass is 10.0. The van der Waals surface area contributed by atoms with Gasteiger partial charge in [-0.3, -0.25) is 19.5 Å². The molecule has 1 N–H and O–H groups in total. The van der Waals surface area contributed by atoms with Gasteiger partial charge in [0.15, 0.2) is 0 Å². The molecule has 23 heavy (non-hydrogen) atoms. The van der Waals surface area contributed by atoms with E-state index in [1.165, 1.54) is 0 Å². The number of amides is 2. The number of hydrogen-bond donors (Lipinski definition) is 1. The Morgan fingerprint density at radius 1 is 1.30 bits per heavy atom. The summed E-state index contributed by atoms with van der Waals surface area (Å²) >= 11 is 0. The largest absolute Gasteiger partial charge is 0.322 e. The maximum atomic E-state index is 13.1. The van der Waals surface area contributed by atoms with Crippen LogP contribution in [0.25, 0.3) is 0 Å². The predicted molar refractivity (Wildman–Crippen MR) is 89.6 cm³/mol. The Morgan fingerprint density at radius 3 is 2.83 bits per heavy atom. The summed E-state index contributed by atoms with van der Waals surface area (Å²) in [6.45, 7) is 3.90. The molecule has 2 heterocycles. The zero-order valence-electron chi connectivity index (χ0n) is 13.2. The number of fused-ring (bicyclic) bond motifs is 1. The molecule has 0 bridgehead atoms. The van der Waals surface area contributed by atoms with E-state index in [0.717, 1.165) is 17.7 Å². The van der Waals surface area contributed by atoms with Crippen LogP contribution in [0.2, 0.25) is 0 Å². The summed E-state index contributed by atoms with van der Waals surface area (Å²) in [6, 6.07) is 8.68. The van der Waals surface area contributed by atoms with Crippen LogP contribution in [0.5, 0.6) is 0 Å². The second kappa shape index (κ2) is 6.20. The van der Waals surface area contributed by atoms with Crippen molar-refractivity contribution in [3.8, 4) is 0 Å². The molecule has 118 valence electrons. The van der Waals surface area contributed by atoms with Gasteiger partial charge in [-0.25, -0.2) is 0 Å². The molecule has 0 saturated carbocycles. The van der Waals surface area contributed by atoms with E-state index in [9.17, 15) is 9.59 Å². The Bertz CT molecular complexity index is 757. The van der Waals surface area contributed by atoms with Crippen LogP contribution in [0.15, 0.2) is 42.7 Å². The number of hydrogen-bond acceptors (Lipinski definition) is 3. The van der Waals surface area contributed by atoms with Gasteiger partial charge in [0.1, 0.15) is 6.04 Å². The number of para-hydroxylation sites is 2. The van der Waals surface area contributed by atoms with E-state index in [1.54, 1.807) is 23.4 Å². The number of anilines is 2. The quantitative estimate of drug-likeness (QED) is 0.947. The fourth-order valence-electron chi connectivity index (χ4n) is 2.89. The highest BCUT2D eigenvalue weighted by Crippen LogP contribution is 2.34. The first-order valence-corrected chi connectivity index (χ1v) is 7.77. The fourth-order valence-corrected chi connectivity index (χ4v) is 2.89. The summed E-state index contributed by atoms with van der Waals surface area (Å²) in [7, 11) is 0. The number of aryl methyl sites for hydroxylation is 1. The summed E-state index contributed by atoms with van der Waals surface area (Å²) in [5.74, 6) is -0.332. The summed E-state index contributed by atoms with van der Waals surface area (Å²) in [5.41, 5.74) is 2.81. The molecular weight excluding hydrogens is 290 g/mol. The van der Waals surface area contributed by atoms with Gasteiger partial charge in [-0.1, -0.05) is 25.5 Å². The number of nitrogens with one attached hydrogen (secondary N) is 1. The maximum absolute atomic E-state index is 13.1. The molecule has 0 aliphatic carbocycles. The molecule has 5 nitrogen and oxygen atoms in total. The summed E-state index contributed by atoms with van der Waals surface area (Å²) in [4.78, 5) is 31.2. The Labute approximate surface area is 135 Å². The van der Waals surface area contributed by atoms with Crippen LogP contribution in [0.1, 0.15) is 35.7 Å². The van der Waals surface area contributed by atoms with Crippen molar-refractivity contribution in [2.75, 3.05) is 10.2 Å². The predicted octanol–water partition coefficient (Wildman–Crippen LogP) is 3.16. The first kappa shape index (κ1) is 15.2. The summed E-state index contributed by atoms with van der Waals surface area (Å²) < 4.78 is 0. The van der Waals surface area contributed by atoms with Gasteiger partial charge >= 0.3 is 0 Å². The van der Waals surface area contributed by atoms with Crippen LogP contribution in [0.4, 0.5) is 11.4 Å². The molecule has 3 rings (SSSR count). The molecule has 1 aromatic carbocycles. The number of carbonyl (C=O) groups excluding carboxylic acids is 2. The van der Waals surface area contributed by atoms with Gasteiger partial charge in [0.2, 0.25) is 5.91 Å². The monoisotopic (exact) mass is 309 g/mol. The minimum atomic E-state index is -0.497. The second-order valence-corrected chi connectivity index (χ2v) is 5.74. The van der Waals surface area contributed by atoms with Crippen molar-refractivity contribution in [3.63, 3.8) is 0 Å². The van der Waals surface area contributed by atoms with Crippen LogP contribution in [0.3, 0.4) is 0 Å². The van der Waals surface area contributed by atoms with E-state index in [-0.39, 0.29) is 11.8 Å². The SMILES string of the molecule is CCCC1C(=O)Nc2ccccc2N1C(=O)c1cncc(C)c1. The topological polar surface area (TPSA) is 62.3 Å².